The number of allylic oxidation sites excluding steroid dienone is 1. The lowest BCUT2D eigenvalue weighted by molar-refractivity contribution is 0.266. The molecule has 0 bridgehead atoms. The molecule has 0 radical (unpaired) electrons. The topological polar surface area (TPSA) is 35.8 Å². The molecule has 0 unspecified atom stereocenters. The highest BCUT2D eigenvalue weighted by Gasteiger charge is 2.04. The number of rotatable bonds is 7. The number of anilines is 1. The Bertz CT molecular complexity index is 630. The molecule has 0 amide bonds. The minimum Gasteiger partial charge on any atom is -0.394 e. The van der Waals surface area contributed by atoms with E-state index in [4.69, 9.17) is 0 Å². The Balaban J connectivity index is 1.90. The molecule has 0 aliphatic rings. The van der Waals surface area contributed by atoms with E-state index in [1.807, 2.05) is 44.4 Å². The van der Waals surface area contributed by atoms with Crippen molar-refractivity contribution < 1.29 is 5.11 Å². The van der Waals surface area contributed by atoms with Gasteiger partial charge in [0.25, 0.3) is 0 Å². The highest BCUT2D eigenvalue weighted by molar-refractivity contribution is 5.78. The van der Waals surface area contributed by atoms with E-state index in [1.165, 1.54) is 11.3 Å². The van der Waals surface area contributed by atoms with E-state index >= 15 is 0 Å². The average Bonchev–Trinajstić information content (AvgIpc) is 2.59. The van der Waals surface area contributed by atoms with Gasteiger partial charge in [0.15, 0.2) is 0 Å². The lowest BCUT2D eigenvalue weighted by Gasteiger charge is -2.11. The number of benzene rings is 2. The van der Waals surface area contributed by atoms with Gasteiger partial charge in [0.05, 0.1) is 12.6 Å². The number of hydrogen-bond acceptors (Lipinski definition) is 3. The van der Waals surface area contributed by atoms with Crippen LogP contribution in [-0.2, 0) is 6.42 Å². The first-order valence-corrected chi connectivity index (χ1v) is 7.81. The summed E-state index contributed by atoms with van der Waals surface area (Å²) < 4.78 is 0. The summed E-state index contributed by atoms with van der Waals surface area (Å²) in [6, 6.07) is 18.3. The zero-order chi connectivity index (χ0) is 16.5. The zero-order valence-corrected chi connectivity index (χ0v) is 13.8. The predicted molar refractivity (Wildman–Crippen MR) is 99.3 cm³/mol. The molecular weight excluding hydrogens is 284 g/mol. The number of nitrogens with zero attached hydrogens (tertiary/aromatic N) is 2. The molecule has 0 aliphatic heterocycles. The van der Waals surface area contributed by atoms with Crippen molar-refractivity contribution >= 4 is 18.0 Å². The van der Waals surface area contributed by atoms with Gasteiger partial charge in [-0.15, -0.1) is 0 Å². The van der Waals surface area contributed by atoms with Crippen molar-refractivity contribution in [2.45, 2.75) is 12.5 Å². The second-order valence-corrected chi connectivity index (χ2v) is 5.67. The van der Waals surface area contributed by atoms with Gasteiger partial charge in [-0.3, -0.25) is 4.99 Å². The summed E-state index contributed by atoms with van der Waals surface area (Å²) >= 11 is 0. The molecule has 2 rings (SSSR count). The van der Waals surface area contributed by atoms with E-state index in [0.717, 1.165) is 12.0 Å². The van der Waals surface area contributed by atoms with Crippen LogP contribution in [0.4, 0.5) is 5.69 Å². The fourth-order valence-corrected chi connectivity index (χ4v) is 2.26. The van der Waals surface area contributed by atoms with Crippen LogP contribution in [0.25, 0.3) is 6.08 Å². The highest BCUT2D eigenvalue weighted by atomic mass is 16.3. The molecule has 2 aromatic rings. The first kappa shape index (κ1) is 17.0. The molecule has 0 spiro atoms. The Morgan fingerprint density at radius 2 is 1.74 bits per heavy atom. The standard InChI is InChI=1S/C20H24N2O/c1-22(2)20-12-10-17(11-13-20)9-6-14-21-19(16-23)15-18-7-4-3-5-8-18/h3-14,19,23H,15-16H2,1-2H3/b9-6+,21-14?/t19-/m0/s1. The summed E-state index contributed by atoms with van der Waals surface area (Å²) in [7, 11) is 4.05. The molecule has 0 heterocycles. The second-order valence-electron chi connectivity index (χ2n) is 5.67. The third-order valence-corrected chi connectivity index (χ3v) is 3.61. The van der Waals surface area contributed by atoms with Gasteiger partial charge in [0.2, 0.25) is 0 Å². The SMILES string of the molecule is CN(C)c1ccc(/C=C/C=N[C@H](CO)Cc2ccccc2)cc1. The molecule has 23 heavy (non-hydrogen) atoms. The third kappa shape index (κ3) is 5.72. The smallest absolute Gasteiger partial charge is 0.0770 e. The van der Waals surface area contributed by atoms with Crippen molar-refractivity contribution in [1.29, 1.82) is 0 Å². The van der Waals surface area contributed by atoms with E-state index in [-0.39, 0.29) is 12.6 Å². The van der Waals surface area contributed by atoms with Gasteiger partial charge >= 0.3 is 0 Å². The molecule has 1 atom stereocenters. The molecular formula is C20H24N2O. The van der Waals surface area contributed by atoms with Gasteiger partial charge in [-0.25, -0.2) is 0 Å². The van der Waals surface area contributed by atoms with Crippen LogP contribution < -0.4 is 4.90 Å². The van der Waals surface area contributed by atoms with Gasteiger partial charge in [0, 0.05) is 26.0 Å². The number of hydrogen-bond donors (Lipinski definition) is 1. The fourth-order valence-electron chi connectivity index (χ4n) is 2.26. The van der Waals surface area contributed by atoms with E-state index < -0.39 is 0 Å². The molecule has 0 aromatic heterocycles. The summed E-state index contributed by atoms with van der Waals surface area (Å²) in [5.41, 5.74) is 3.50. The van der Waals surface area contributed by atoms with Gasteiger partial charge in [-0.05, 0) is 35.8 Å². The minimum atomic E-state index is -0.0989. The lowest BCUT2D eigenvalue weighted by Crippen LogP contribution is -2.13. The van der Waals surface area contributed by atoms with Crippen LogP contribution in [0.3, 0.4) is 0 Å². The van der Waals surface area contributed by atoms with Gasteiger partial charge in [-0.1, -0.05) is 48.5 Å². The average molecular weight is 308 g/mol. The Kier molecular flexibility index (Phi) is 6.57. The van der Waals surface area contributed by atoms with Crippen molar-refractivity contribution in [1.82, 2.24) is 0 Å². The Morgan fingerprint density at radius 3 is 2.35 bits per heavy atom. The van der Waals surface area contributed by atoms with Crippen LogP contribution in [0.5, 0.6) is 0 Å². The summed E-state index contributed by atoms with van der Waals surface area (Å²) in [6.45, 7) is 0.0523. The fraction of sp³-hybridized carbons (Fsp3) is 0.250. The van der Waals surface area contributed by atoms with E-state index in [0.29, 0.717) is 0 Å². The molecule has 3 heteroatoms. The molecule has 0 saturated carbocycles. The summed E-state index contributed by atoms with van der Waals surface area (Å²) in [5, 5.41) is 9.44. The number of aliphatic imine (C=N–C) groups is 1. The number of aliphatic hydroxyl groups is 1. The third-order valence-electron chi connectivity index (χ3n) is 3.61. The van der Waals surface area contributed by atoms with Crippen molar-refractivity contribution in [2.24, 2.45) is 4.99 Å². The van der Waals surface area contributed by atoms with Crippen molar-refractivity contribution in [3.8, 4) is 0 Å². The van der Waals surface area contributed by atoms with Crippen molar-refractivity contribution in [2.75, 3.05) is 25.6 Å². The Morgan fingerprint density at radius 1 is 1.04 bits per heavy atom. The quantitative estimate of drug-likeness (QED) is 0.795. The first-order chi connectivity index (χ1) is 11.2. The van der Waals surface area contributed by atoms with E-state index in [9.17, 15) is 5.11 Å². The molecule has 0 aliphatic carbocycles. The molecule has 3 nitrogen and oxygen atoms in total. The Labute approximate surface area is 138 Å². The summed E-state index contributed by atoms with van der Waals surface area (Å²) in [6.07, 6.45) is 6.45. The normalized spacial score (nSPS) is 12.8. The molecule has 120 valence electrons. The maximum Gasteiger partial charge on any atom is 0.0770 e. The summed E-state index contributed by atoms with van der Waals surface area (Å²) in [4.78, 5) is 6.50. The molecule has 1 N–H and O–H groups in total. The van der Waals surface area contributed by atoms with Crippen LogP contribution in [0.1, 0.15) is 11.1 Å². The van der Waals surface area contributed by atoms with Crippen molar-refractivity contribution in [3.05, 3.63) is 71.8 Å². The predicted octanol–water partition coefficient (Wildman–Crippen LogP) is 3.44. The van der Waals surface area contributed by atoms with Crippen LogP contribution in [0.15, 0.2) is 65.7 Å². The second kappa shape index (κ2) is 8.91. The molecule has 0 saturated heterocycles. The van der Waals surface area contributed by atoms with Gasteiger partial charge in [-0.2, -0.15) is 0 Å². The number of aliphatic hydroxyl groups excluding tert-OH is 1. The monoisotopic (exact) mass is 308 g/mol. The highest BCUT2D eigenvalue weighted by Crippen LogP contribution is 2.13. The van der Waals surface area contributed by atoms with E-state index in [2.05, 4.69) is 46.3 Å². The van der Waals surface area contributed by atoms with Crippen LogP contribution in [0, 0.1) is 0 Å². The first-order valence-electron chi connectivity index (χ1n) is 7.81. The summed E-state index contributed by atoms with van der Waals surface area (Å²) in [5.74, 6) is 0. The van der Waals surface area contributed by atoms with Crippen LogP contribution in [0.2, 0.25) is 0 Å². The molecule has 2 aromatic carbocycles. The van der Waals surface area contributed by atoms with E-state index in [1.54, 1.807) is 6.21 Å². The molecule has 0 fully saturated rings. The van der Waals surface area contributed by atoms with Crippen molar-refractivity contribution in [3.63, 3.8) is 0 Å². The van der Waals surface area contributed by atoms with Crippen LogP contribution >= 0.6 is 0 Å². The lowest BCUT2D eigenvalue weighted by atomic mass is 10.1. The maximum atomic E-state index is 9.44. The largest absolute Gasteiger partial charge is 0.394 e. The Hall–Kier alpha value is -2.39. The zero-order valence-electron chi connectivity index (χ0n) is 13.8. The van der Waals surface area contributed by atoms with Gasteiger partial charge < -0.3 is 10.0 Å². The van der Waals surface area contributed by atoms with Crippen LogP contribution in [-0.4, -0.2) is 38.1 Å². The maximum absolute atomic E-state index is 9.44. The minimum absolute atomic E-state index is 0.0523. The van der Waals surface area contributed by atoms with Gasteiger partial charge in [0.1, 0.15) is 0 Å².